The second-order valence-electron chi connectivity index (χ2n) is 38.4. The van der Waals surface area contributed by atoms with Gasteiger partial charge in [-0.1, -0.05) is 377 Å². The van der Waals surface area contributed by atoms with E-state index in [0.29, 0.717) is 5.69 Å². The van der Waals surface area contributed by atoms with E-state index in [9.17, 15) is 11.0 Å². The highest BCUT2D eigenvalue weighted by atomic mass is 15.2. The Bertz CT molecular complexity index is 7570. The molecule has 590 valence electrons. The first-order chi connectivity index (χ1) is 61.5. The fraction of sp³-hybridized carbons (Fsp3) is 0.172. The Kier molecular flexibility index (Phi) is 16.1. The lowest BCUT2D eigenvalue weighted by molar-refractivity contribution is 0.590. The first-order valence-electron chi connectivity index (χ1n) is 46.6. The SMILES string of the molecule is [2H]c1c([2H])c([2H])c2c(c1[2H])c1c([2H])c([2H])c([2H])c([2H])c1n2-c1ccc2c(c1)N(c1c(-c3cccc(-c4cccc(C(C)(C)C)c4)c3)cccc1-c1cccc(C(C)(C)C)c1)c1cc(C(C)(C)C)cc3c1B2c1ccc(-c2ccc(-n4c5ccccc5c5ccccc54)cc2)cc1N3c1c(-c2cccc(-c3cccc(C(C)(C)C)c3)c2)cccc1-c1cccc(C(C)(C)C)c1. The minimum atomic E-state index is -0.536. The molecule has 16 aromatic carbocycles. The van der Waals surface area contributed by atoms with Gasteiger partial charge in [-0.05, 0) is 206 Å². The highest BCUT2D eigenvalue weighted by molar-refractivity contribution is 7.00. The van der Waals surface area contributed by atoms with Crippen LogP contribution in [-0.2, 0) is 27.1 Å². The molecule has 0 fully saturated rings. The smallest absolute Gasteiger partial charge is 0.252 e. The predicted molar refractivity (Wildman–Crippen MR) is 521 cm³/mol. The van der Waals surface area contributed by atoms with Crippen molar-refractivity contribution < 1.29 is 11.0 Å². The summed E-state index contributed by atoms with van der Waals surface area (Å²) in [6.07, 6.45) is 0. The third kappa shape index (κ3) is 13.3. The van der Waals surface area contributed by atoms with Crippen LogP contribution in [0.2, 0.25) is 0 Å². The van der Waals surface area contributed by atoms with Gasteiger partial charge in [-0.3, -0.25) is 0 Å². The highest BCUT2D eigenvalue weighted by Gasteiger charge is 2.46. The minimum Gasteiger partial charge on any atom is -0.310 e. The topological polar surface area (TPSA) is 16.3 Å². The maximum absolute atomic E-state index is 10.0. The van der Waals surface area contributed by atoms with Crippen LogP contribution in [0.15, 0.2) is 352 Å². The third-order valence-electron chi connectivity index (χ3n) is 25.3. The van der Waals surface area contributed by atoms with Crippen LogP contribution in [0.4, 0.5) is 34.1 Å². The van der Waals surface area contributed by atoms with Crippen LogP contribution in [0.3, 0.4) is 0 Å². The first kappa shape index (κ1) is 67.7. The van der Waals surface area contributed by atoms with E-state index in [-0.39, 0.29) is 55.6 Å². The average molecular weight is 1570 g/mol. The number of nitrogens with zero attached hydrogens (tertiary/aromatic N) is 4. The fourth-order valence-corrected chi connectivity index (χ4v) is 18.8. The molecule has 0 aliphatic carbocycles. The molecule has 0 unspecified atom stereocenters. The van der Waals surface area contributed by atoms with Crippen LogP contribution < -0.4 is 26.2 Å². The van der Waals surface area contributed by atoms with Crippen molar-refractivity contribution in [3.63, 3.8) is 0 Å². The van der Waals surface area contributed by atoms with Crippen molar-refractivity contribution in [2.24, 2.45) is 0 Å². The molecular formula is C116H103BN4. The normalized spacial score (nSPS) is 14.0. The molecule has 4 nitrogen and oxygen atoms in total. The Morgan fingerprint density at radius 1 is 0.231 bits per heavy atom. The standard InChI is InChI=1S/C116H103BN4/c1-112(2,3)84-40-26-34-77(66-84)75-32-24-36-80(64-75)91-48-30-50-93(82-38-28-42-86(68-82)114(7,8)9)110(91)120-105-70-79(74-56-59-89(60-57-74)118-101-52-20-16-44-95(101)96-45-17-21-53-102(96)118)58-62-99(105)117-100-63-61-90(119-103-54-22-18-46-97(103)98-47-19-23-55-104(98)119)73-106(100)121(108-72-88(116(13,14)15)71-107(120)109(108)117)111-92(49-31-51-94(111)83-39-29-43-87(69-83)115(10,11)12)81-37-25-33-76(65-81)78-35-27-41-85(67-78)113(4,5)6/h16-73H,1-15H3/i18D,19D,22D,23D,46D,47D,54D,55D. The molecule has 18 aromatic rings. The first-order valence-corrected chi connectivity index (χ1v) is 42.6. The maximum Gasteiger partial charge on any atom is 0.252 e. The summed E-state index contributed by atoms with van der Waals surface area (Å²) < 4.78 is 80.9. The van der Waals surface area contributed by atoms with Gasteiger partial charge in [0.2, 0.25) is 0 Å². The molecule has 0 spiro atoms. The van der Waals surface area contributed by atoms with E-state index in [1.807, 2.05) is 6.07 Å². The lowest BCUT2D eigenvalue weighted by Crippen LogP contribution is -2.61. The number of benzene rings is 16. The molecule has 0 radical (unpaired) electrons. The third-order valence-corrected chi connectivity index (χ3v) is 25.3. The van der Waals surface area contributed by atoms with Gasteiger partial charge in [0.25, 0.3) is 6.71 Å². The lowest BCUT2D eigenvalue weighted by atomic mass is 9.33. The number of aromatic nitrogens is 2. The van der Waals surface area contributed by atoms with E-state index in [1.54, 1.807) is 4.57 Å². The molecule has 0 saturated carbocycles. The molecule has 0 amide bonds. The van der Waals surface area contributed by atoms with Crippen LogP contribution in [0, 0.1) is 0 Å². The Labute approximate surface area is 726 Å². The lowest BCUT2D eigenvalue weighted by Gasteiger charge is -2.46. The molecule has 121 heavy (non-hydrogen) atoms. The van der Waals surface area contributed by atoms with Crippen molar-refractivity contribution in [2.75, 3.05) is 9.80 Å². The molecule has 2 aromatic heterocycles. The second-order valence-corrected chi connectivity index (χ2v) is 38.4. The average Bonchev–Trinajstić information content (AvgIpc) is 1.62. The second kappa shape index (κ2) is 28.8. The zero-order valence-corrected chi connectivity index (χ0v) is 71.7. The molecule has 2 aliphatic rings. The fourth-order valence-electron chi connectivity index (χ4n) is 18.8. The van der Waals surface area contributed by atoms with E-state index >= 15 is 0 Å². The molecule has 5 heteroatoms. The van der Waals surface area contributed by atoms with E-state index in [1.165, 1.54) is 27.5 Å². The summed E-state index contributed by atoms with van der Waals surface area (Å²) in [6.45, 7) is 33.6. The summed E-state index contributed by atoms with van der Waals surface area (Å²) in [5.74, 6) is 0. The van der Waals surface area contributed by atoms with Gasteiger partial charge in [0, 0.05) is 77.9 Å². The van der Waals surface area contributed by atoms with Crippen molar-refractivity contribution in [1.82, 2.24) is 9.13 Å². The Morgan fingerprint density at radius 2 is 0.554 bits per heavy atom. The predicted octanol–water partition coefficient (Wildman–Crippen LogP) is 30.1. The number of fused-ring (bicyclic) bond motifs is 10. The van der Waals surface area contributed by atoms with Gasteiger partial charge in [-0.15, -0.1) is 0 Å². The van der Waals surface area contributed by atoms with Gasteiger partial charge in [0.15, 0.2) is 0 Å². The molecule has 0 saturated heterocycles. The molecule has 0 atom stereocenters. The summed E-state index contributed by atoms with van der Waals surface area (Å²) in [5, 5.41) is 2.40. The Balaban J connectivity index is 0.944. The maximum atomic E-state index is 10.0. The summed E-state index contributed by atoms with van der Waals surface area (Å²) in [7, 11) is 0. The molecule has 0 N–H and O–H groups in total. The van der Waals surface area contributed by atoms with E-state index in [0.717, 1.165) is 156 Å². The van der Waals surface area contributed by atoms with Gasteiger partial charge in [-0.25, -0.2) is 0 Å². The van der Waals surface area contributed by atoms with Crippen LogP contribution >= 0.6 is 0 Å². The van der Waals surface area contributed by atoms with Gasteiger partial charge >= 0.3 is 0 Å². The molecule has 4 heterocycles. The Morgan fingerprint density at radius 3 is 0.983 bits per heavy atom. The van der Waals surface area contributed by atoms with Crippen LogP contribution in [-0.4, -0.2) is 15.8 Å². The van der Waals surface area contributed by atoms with Crippen LogP contribution in [0.1, 0.15) is 143 Å². The summed E-state index contributed by atoms with van der Waals surface area (Å²) in [6, 6.07) is 109. The number of para-hydroxylation sites is 6. The van der Waals surface area contributed by atoms with Crippen LogP contribution in [0.5, 0.6) is 0 Å². The van der Waals surface area contributed by atoms with Crippen molar-refractivity contribution in [2.45, 2.75) is 131 Å². The quantitative estimate of drug-likeness (QED) is 0.120. The van der Waals surface area contributed by atoms with Crippen molar-refractivity contribution in [3.05, 3.63) is 379 Å². The Hall–Kier alpha value is -13.2. The molecule has 0 bridgehead atoms. The van der Waals surface area contributed by atoms with Gasteiger partial charge in [0.05, 0.1) is 44.4 Å². The van der Waals surface area contributed by atoms with E-state index in [2.05, 4.69) is 415 Å². The monoisotopic (exact) mass is 1570 g/mol. The highest BCUT2D eigenvalue weighted by Crippen LogP contribution is 2.56. The molecule has 2 aliphatic heterocycles. The zero-order valence-electron chi connectivity index (χ0n) is 79.7. The van der Waals surface area contributed by atoms with Crippen molar-refractivity contribution >= 4 is 101 Å². The zero-order chi connectivity index (χ0) is 90.3. The summed E-state index contributed by atoms with van der Waals surface area (Å²) in [4.78, 5) is 5.12. The van der Waals surface area contributed by atoms with Crippen LogP contribution in [0.25, 0.3) is 133 Å². The number of anilines is 6. The number of rotatable bonds is 11. The van der Waals surface area contributed by atoms with Gasteiger partial charge in [-0.2, -0.15) is 0 Å². The van der Waals surface area contributed by atoms with Gasteiger partial charge < -0.3 is 18.9 Å². The molecule has 20 rings (SSSR count). The van der Waals surface area contributed by atoms with Crippen molar-refractivity contribution in [3.8, 4) is 89.3 Å². The van der Waals surface area contributed by atoms with E-state index in [4.69, 9.17) is 0 Å². The minimum absolute atomic E-state index is 0.00589. The number of hydrogen-bond donors (Lipinski definition) is 0. The van der Waals surface area contributed by atoms with Gasteiger partial charge in [0.1, 0.15) is 0 Å². The molecular weight excluding hydrogens is 1460 g/mol. The number of hydrogen-bond acceptors (Lipinski definition) is 2. The summed E-state index contributed by atoms with van der Waals surface area (Å²) in [5.41, 5.74) is 31.4. The largest absolute Gasteiger partial charge is 0.310 e. The summed E-state index contributed by atoms with van der Waals surface area (Å²) >= 11 is 0. The van der Waals surface area contributed by atoms with Crippen molar-refractivity contribution in [1.29, 1.82) is 0 Å². The van der Waals surface area contributed by atoms with E-state index < -0.39 is 48.4 Å².